The van der Waals surface area contributed by atoms with E-state index in [9.17, 15) is 9.59 Å². The molecule has 2 N–H and O–H groups in total. The number of rotatable bonds is 7. The Balaban J connectivity index is 1.51. The maximum Gasteiger partial charge on any atom is 0.355 e. The van der Waals surface area contributed by atoms with Gasteiger partial charge in [-0.15, -0.1) is 11.3 Å². The Morgan fingerprint density at radius 2 is 2.20 bits per heavy atom. The van der Waals surface area contributed by atoms with Gasteiger partial charge in [0.2, 0.25) is 5.91 Å². The van der Waals surface area contributed by atoms with E-state index < -0.39 is 5.97 Å². The number of amides is 1. The maximum atomic E-state index is 12.0. The van der Waals surface area contributed by atoms with Crippen molar-refractivity contribution in [2.45, 2.75) is 19.8 Å². The van der Waals surface area contributed by atoms with Crippen LogP contribution in [-0.2, 0) is 17.6 Å². The molecular weight excluding hydrogens is 346 g/mol. The Morgan fingerprint density at radius 3 is 2.88 bits per heavy atom. The van der Waals surface area contributed by atoms with Crippen LogP contribution in [0.25, 0.3) is 11.7 Å². The van der Waals surface area contributed by atoms with Crippen molar-refractivity contribution >= 4 is 23.2 Å². The number of aryl methyl sites for hydroxylation is 1. The van der Waals surface area contributed by atoms with Crippen molar-refractivity contribution < 1.29 is 23.5 Å². The third-order valence-corrected chi connectivity index (χ3v) is 4.29. The first-order valence-electron chi connectivity index (χ1n) is 7.47. The molecule has 0 spiro atoms. The van der Waals surface area contributed by atoms with Crippen LogP contribution in [0.4, 0.5) is 0 Å². The molecule has 9 heteroatoms. The molecule has 0 aliphatic carbocycles. The number of hydrogen-bond acceptors (Lipinski definition) is 7. The highest BCUT2D eigenvalue weighted by Gasteiger charge is 2.16. The van der Waals surface area contributed by atoms with Gasteiger partial charge in [0, 0.05) is 18.3 Å². The van der Waals surface area contributed by atoms with Crippen LogP contribution in [0.1, 0.15) is 27.0 Å². The van der Waals surface area contributed by atoms with Crippen molar-refractivity contribution in [2.24, 2.45) is 0 Å². The van der Waals surface area contributed by atoms with Gasteiger partial charge >= 0.3 is 5.97 Å². The minimum Gasteiger partial charge on any atom is -0.476 e. The van der Waals surface area contributed by atoms with Gasteiger partial charge in [0.05, 0.1) is 23.4 Å². The topological polar surface area (TPSA) is 118 Å². The first-order valence-corrected chi connectivity index (χ1v) is 8.35. The van der Waals surface area contributed by atoms with Crippen molar-refractivity contribution in [3.05, 3.63) is 45.9 Å². The smallest absolute Gasteiger partial charge is 0.355 e. The fourth-order valence-electron chi connectivity index (χ4n) is 2.15. The number of hydrogen-bond donors (Lipinski definition) is 2. The van der Waals surface area contributed by atoms with E-state index >= 15 is 0 Å². The summed E-state index contributed by atoms with van der Waals surface area (Å²) >= 11 is 1.26. The van der Waals surface area contributed by atoms with E-state index in [0.717, 1.165) is 0 Å². The average Bonchev–Trinajstić information content (AvgIpc) is 3.29. The zero-order valence-electron chi connectivity index (χ0n) is 13.3. The van der Waals surface area contributed by atoms with Crippen molar-refractivity contribution in [1.82, 2.24) is 15.3 Å². The summed E-state index contributed by atoms with van der Waals surface area (Å²) in [5.41, 5.74) is 0.571. The molecule has 25 heavy (non-hydrogen) atoms. The van der Waals surface area contributed by atoms with Crippen LogP contribution in [-0.4, -0.2) is 33.5 Å². The van der Waals surface area contributed by atoms with Gasteiger partial charge in [0.1, 0.15) is 5.76 Å². The predicted molar refractivity (Wildman–Crippen MR) is 88.4 cm³/mol. The summed E-state index contributed by atoms with van der Waals surface area (Å²) in [5.74, 6) is 0.160. The fraction of sp³-hybridized carbons (Fsp3) is 0.250. The monoisotopic (exact) mass is 361 g/mol. The van der Waals surface area contributed by atoms with Crippen molar-refractivity contribution in [3.63, 3.8) is 0 Å². The number of nitrogens with one attached hydrogen (secondary N) is 1. The highest BCUT2D eigenvalue weighted by atomic mass is 32.1. The van der Waals surface area contributed by atoms with Gasteiger partial charge in [0.15, 0.2) is 11.5 Å². The van der Waals surface area contributed by atoms with Crippen molar-refractivity contribution in [3.8, 4) is 11.7 Å². The molecule has 0 aliphatic heterocycles. The molecule has 0 atom stereocenters. The van der Waals surface area contributed by atoms with Crippen molar-refractivity contribution in [2.75, 3.05) is 6.54 Å². The zero-order valence-corrected chi connectivity index (χ0v) is 14.1. The lowest BCUT2D eigenvalue weighted by molar-refractivity contribution is -0.120. The fourth-order valence-corrected chi connectivity index (χ4v) is 2.92. The van der Waals surface area contributed by atoms with Crippen molar-refractivity contribution in [1.29, 1.82) is 0 Å². The largest absolute Gasteiger partial charge is 0.476 e. The SMILES string of the molecule is Cc1oc(-c2ccco2)nc1CC(=O)NCCc1nc(C(=O)O)cs1. The maximum absolute atomic E-state index is 12.0. The second-order valence-corrected chi connectivity index (χ2v) is 6.15. The predicted octanol–water partition coefficient (Wildman–Crippen LogP) is 2.30. The number of thiazole rings is 1. The van der Waals surface area contributed by atoms with E-state index in [0.29, 0.717) is 41.1 Å². The molecule has 3 rings (SSSR count). The number of carbonyl (C=O) groups is 2. The summed E-state index contributed by atoms with van der Waals surface area (Å²) in [6, 6.07) is 3.46. The summed E-state index contributed by atoms with van der Waals surface area (Å²) in [7, 11) is 0. The second kappa shape index (κ2) is 7.31. The van der Waals surface area contributed by atoms with E-state index in [1.807, 2.05) is 0 Å². The van der Waals surface area contributed by atoms with Crippen LogP contribution in [0.15, 0.2) is 32.6 Å². The van der Waals surface area contributed by atoms with E-state index in [-0.39, 0.29) is 18.0 Å². The molecule has 0 fully saturated rings. The number of nitrogens with zero attached hydrogens (tertiary/aromatic N) is 2. The van der Waals surface area contributed by atoms with Gasteiger partial charge in [0.25, 0.3) is 5.89 Å². The van der Waals surface area contributed by atoms with Gasteiger partial charge in [-0.05, 0) is 19.1 Å². The Morgan fingerprint density at radius 1 is 1.36 bits per heavy atom. The normalized spacial score (nSPS) is 10.8. The summed E-state index contributed by atoms with van der Waals surface area (Å²) in [6.07, 6.45) is 2.09. The number of oxazole rings is 1. The summed E-state index contributed by atoms with van der Waals surface area (Å²) in [4.78, 5) is 31.1. The molecule has 0 radical (unpaired) electrons. The van der Waals surface area contributed by atoms with E-state index in [2.05, 4.69) is 15.3 Å². The number of carboxylic acid groups (broad SMARTS) is 1. The molecule has 0 saturated carbocycles. The molecule has 1 amide bonds. The van der Waals surface area contributed by atoms with Crippen LogP contribution in [0, 0.1) is 6.92 Å². The molecule has 3 aromatic heterocycles. The van der Waals surface area contributed by atoms with Gasteiger partial charge in [-0.3, -0.25) is 4.79 Å². The summed E-state index contributed by atoms with van der Waals surface area (Å²) in [6.45, 7) is 2.11. The molecule has 8 nitrogen and oxygen atoms in total. The molecule has 130 valence electrons. The van der Waals surface area contributed by atoms with Gasteiger partial charge in [-0.1, -0.05) is 0 Å². The first kappa shape index (κ1) is 16.9. The number of aromatic nitrogens is 2. The third kappa shape index (κ3) is 4.13. The highest BCUT2D eigenvalue weighted by molar-refractivity contribution is 7.09. The van der Waals surface area contributed by atoms with E-state index in [4.69, 9.17) is 13.9 Å². The standard InChI is InChI=1S/C16H15N3O5S/c1-9-10(19-15(24-9)12-3-2-6-23-12)7-13(20)17-5-4-14-18-11(8-25-14)16(21)22/h2-3,6,8H,4-5,7H2,1H3,(H,17,20)(H,21,22). The molecule has 0 saturated heterocycles. The lowest BCUT2D eigenvalue weighted by atomic mass is 10.2. The Kier molecular flexibility index (Phi) is 4.94. The number of carboxylic acids is 1. The highest BCUT2D eigenvalue weighted by Crippen LogP contribution is 2.22. The summed E-state index contributed by atoms with van der Waals surface area (Å²) in [5, 5.41) is 13.7. The minimum atomic E-state index is -1.06. The molecule has 0 aromatic carbocycles. The number of furan rings is 1. The lowest BCUT2D eigenvalue weighted by Gasteiger charge is -2.02. The Hall–Kier alpha value is -2.94. The second-order valence-electron chi connectivity index (χ2n) is 5.21. The third-order valence-electron chi connectivity index (χ3n) is 3.38. The van der Waals surface area contributed by atoms with Gasteiger partial charge in [-0.25, -0.2) is 14.8 Å². The summed E-state index contributed by atoms with van der Waals surface area (Å²) < 4.78 is 10.7. The molecule has 0 unspecified atom stereocenters. The molecule has 0 aliphatic rings. The van der Waals surface area contributed by atoms with Crippen LogP contribution in [0.2, 0.25) is 0 Å². The van der Waals surface area contributed by atoms with E-state index in [1.54, 1.807) is 19.1 Å². The van der Waals surface area contributed by atoms with Gasteiger partial charge in [-0.2, -0.15) is 0 Å². The first-order chi connectivity index (χ1) is 12.0. The Bertz CT molecular complexity index is 882. The molecular formula is C16H15N3O5S. The van der Waals surface area contributed by atoms with E-state index in [1.165, 1.54) is 23.0 Å². The quantitative estimate of drug-likeness (QED) is 0.663. The Labute approximate surface area is 146 Å². The minimum absolute atomic E-state index is 0.0232. The van der Waals surface area contributed by atoms with Crippen LogP contribution in [0.3, 0.4) is 0 Å². The molecule has 3 heterocycles. The molecule has 0 bridgehead atoms. The van der Waals surface area contributed by atoms with Crippen LogP contribution in [0.5, 0.6) is 0 Å². The number of carbonyl (C=O) groups excluding carboxylic acids is 1. The van der Waals surface area contributed by atoms with Crippen LogP contribution < -0.4 is 5.32 Å². The van der Waals surface area contributed by atoms with Crippen LogP contribution >= 0.6 is 11.3 Å². The zero-order chi connectivity index (χ0) is 17.8. The molecule has 3 aromatic rings. The number of aromatic carboxylic acids is 1. The van der Waals surface area contributed by atoms with Gasteiger partial charge < -0.3 is 19.3 Å². The average molecular weight is 361 g/mol. The lowest BCUT2D eigenvalue weighted by Crippen LogP contribution is -2.27.